The summed E-state index contributed by atoms with van der Waals surface area (Å²) in [7, 11) is 0. The molecule has 0 spiro atoms. The second-order valence-electron chi connectivity index (χ2n) is 12.1. The molecule has 0 aliphatic heterocycles. The maximum atomic E-state index is 11.3. The summed E-state index contributed by atoms with van der Waals surface area (Å²) >= 11 is 0. The van der Waals surface area contributed by atoms with Crippen LogP contribution < -0.4 is 10.1 Å². The third-order valence-electron chi connectivity index (χ3n) is 7.83. The summed E-state index contributed by atoms with van der Waals surface area (Å²) in [4.78, 5) is 15.7. The van der Waals surface area contributed by atoms with Crippen molar-refractivity contribution in [3.63, 3.8) is 0 Å². The van der Waals surface area contributed by atoms with E-state index in [1.807, 2.05) is 12.1 Å². The van der Waals surface area contributed by atoms with Gasteiger partial charge in [-0.3, -0.25) is 4.98 Å². The molecule has 0 atom stereocenters. The van der Waals surface area contributed by atoms with E-state index in [4.69, 9.17) is 4.74 Å². The third-order valence-corrected chi connectivity index (χ3v) is 7.83. The van der Waals surface area contributed by atoms with E-state index in [2.05, 4.69) is 76.1 Å². The SMILES string of the molecule is CC(C)NCCCCOc1ccc(-c2ccc(C(=O)O)cn2)cc1-c1ccc2c(c1)C(C)(C)CCC2(C)C. The van der Waals surface area contributed by atoms with Gasteiger partial charge in [0.1, 0.15) is 5.75 Å². The Morgan fingerprint density at radius 1 is 0.947 bits per heavy atom. The van der Waals surface area contributed by atoms with Gasteiger partial charge in [-0.1, -0.05) is 59.7 Å². The largest absolute Gasteiger partial charge is 0.493 e. The number of nitrogens with zero attached hydrogens (tertiary/aromatic N) is 1. The molecular weight excluding hydrogens is 472 g/mol. The smallest absolute Gasteiger partial charge is 0.337 e. The number of rotatable bonds is 10. The number of fused-ring (bicyclic) bond motifs is 1. The number of hydrogen-bond donors (Lipinski definition) is 2. The molecule has 0 amide bonds. The Hall–Kier alpha value is -3.18. The molecule has 5 heteroatoms. The number of carboxylic acids is 1. The van der Waals surface area contributed by atoms with Crippen molar-refractivity contribution >= 4 is 5.97 Å². The zero-order valence-corrected chi connectivity index (χ0v) is 23.7. The van der Waals surface area contributed by atoms with Gasteiger partial charge in [0, 0.05) is 23.4 Å². The Bertz CT molecular complexity index is 1280. The number of nitrogens with one attached hydrogen (secondary N) is 1. The lowest BCUT2D eigenvalue weighted by atomic mass is 9.63. The van der Waals surface area contributed by atoms with Crippen molar-refractivity contribution in [3.8, 4) is 28.1 Å². The van der Waals surface area contributed by atoms with Crippen LogP contribution in [0, 0.1) is 0 Å². The average Bonchev–Trinajstić information content (AvgIpc) is 2.88. The molecule has 2 N–H and O–H groups in total. The summed E-state index contributed by atoms with van der Waals surface area (Å²) in [6, 6.07) is 16.9. The normalized spacial score (nSPS) is 15.8. The van der Waals surface area contributed by atoms with Gasteiger partial charge in [0.15, 0.2) is 0 Å². The molecular formula is C33H42N2O3. The first-order valence-corrected chi connectivity index (χ1v) is 13.8. The summed E-state index contributed by atoms with van der Waals surface area (Å²) in [5, 5.41) is 12.7. The van der Waals surface area contributed by atoms with Gasteiger partial charge in [-0.05, 0) is 90.1 Å². The average molecular weight is 515 g/mol. The fourth-order valence-electron chi connectivity index (χ4n) is 5.29. The van der Waals surface area contributed by atoms with Crippen LogP contribution in [-0.4, -0.2) is 35.3 Å². The molecule has 0 bridgehead atoms. The molecule has 3 aromatic rings. The Balaban J connectivity index is 1.69. The van der Waals surface area contributed by atoms with Crippen molar-refractivity contribution in [2.24, 2.45) is 0 Å². The molecule has 202 valence electrons. The molecule has 4 rings (SSSR count). The van der Waals surface area contributed by atoms with Gasteiger partial charge in [0.25, 0.3) is 0 Å². The van der Waals surface area contributed by atoms with Crippen LogP contribution in [0.5, 0.6) is 5.75 Å². The monoisotopic (exact) mass is 514 g/mol. The number of aromatic carboxylic acids is 1. The molecule has 38 heavy (non-hydrogen) atoms. The van der Waals surface area contributed by atoms with Gasteiger partial charge in [-0.25, -0.2) is 4.79 Å². The molecule has 2 aromatic carbocycles. The van der Waals surface area contributed by atoms with E-state index in [-0.39, 0.29) is 16.4 Å². The first-order chi connectivity index (χ1) is 18.0. The minimum atomic E-state index is -0.975. The number of hydrogen-bond acceptors (Lipinski definition) is 4. The quantitative estimate of drug-likeness (QED) is 0.272. The van der Waals surface area contributed by atoms with Crippen LogP contribution in [0.4, 0.5) is 0 Å². The van der Waals surface area contributed by atoms with E-state index in [9.17, 15) is 9.90 Å². The Morgan fingerprint density at radius 2 is 1.66 bits per heavy atom. The highest BCUT2D eigenvalue weighted by molar-refractivity contribution is 5.87. The number of unbranched alkanes of at least 4 members (excludes halogenated alkanes) is 1. The van der Waals surface area contributed by atoms with E-state index in [1.54, 1.807) is 12.1 Å². The number of carboxylic acid groups (broad SMARTS) is 1. The van der Waals surface area contributed by atoms with Crippen molar-refractivity contribution in [2.75, 3.05) is 13.2 Å². The van der Waals surface area contributed by atoms with Gasteiger partial charge in [0.05, 0.1) is 17.9 Å². The zero-order chi connectivity index (χ0) is 27.5. The third kappa shape index (κ3) is 6.27. The Labute approximate surface area is 227 Å². The Kier molecular flexibility index (Phi) is 8.27. The lowest BCUT2D eigenvalue weighted by Gasteiger charge is -2.42. The predicted molar refractivity (Wildman–Crippen MR) is 155 cm³/mol. The Morgan fingerprint density at radius 3 is 2.32 bits per heavy atom. The molecule has 0 saturated carbocycles. The van der Waals surface area contributed by atoms with E-state index in [0.717, 1.165) is 53.9 Å². The van der Waals surface area contributed by atoms with Gasteiger partial charge >= 0.3 is 5.97 Å². The van der Waals surface area contributed by atoms with Crippen LogP contribution in [0.2, 0.25) is 0 Å². The van der Waals surface area contributed by atoms with E-state index >= 15 is 0 Å². The van der Waals surface area contributed by atoms with Crippen molar-refractivity contribution < 1.29 is 14.6 Å². The van der Waals surface area contributed by atoms with E-state index in [0.29, 0.717) is 12.6 Å². The van der Waals surface area contributed by atoms with Gasteiger partial charge in [-0.15, -0.1) is 0 Å². The summed E-state index contributed by atoms with van der Waals surface area (Å²) in [5.41, 5.74) is 7.13. The van der Waals surface area contributed by atoms with Crippen molar-refractivity contribution in [2.45, 2.75) is 84.1 Å². The van der Waals surface area contributed by atoms with Gasteiger partial charge < -0.3 is 15.2 Å². The summed E-state index contributed by atoms with van der Waals surface area (Å²) in [6.45, 7) is 15.3. The molecule has 1 heterocycles. The molecule has 1 aromatic heterocycles. The highest BCUT2D eigenvalue weighted by atomic mass is 16.5. The second kappa shape index (κ2) is 11.3. The number of ether oxygens (including phenoxy) is 1. The molecule has 0 saturated heterocycles. The van der Waals surface area contributed by atoms with Gasteiger partial charge in [0.2, 0.25) is 0 Å². The number of carbonyl (C=O) groups is 1. The van der Waals surface area contributed by atoms with Crippen LogP contribution in [0.15, 0.2) is 54.7 Å². The van der Waals surface area contributed by atoms with Crippen molar-refractivity contribution in [1.29, 1.82) is 0 Å². The summed E-state index contributed by atoms with van der Waals surface area (Å²) < 4.78 is 6.35. The highest BCUT2D eigenvalue weighted by Crippen LogP contribution is 2.47. The first kappa shape index (κ1) is 27.8. The first-order valence-electron chi connectivity index (χ1n) is 13.8. The maximum absolute atomic E-state index is 11.3. The zero-order valence-electron chi connectivity index (χ0n) is 23.7. The fourth-order valence-corrected chi connectivity index (χ4v) is 5.29. The molecule has 1 aliphatic carbocycles. The topological polar surface area (TPSA) is 71.5 Å². The number of pyridine rings is 1. The van der Waals surface area contributed by atoms with Crippen molar-refractivity contribution in [1.82, 2.24) is 10.3 Å². The van der Waals surface area contributed by atoms with Crippen LogP contribution in [0.25, 0.3) is 22.4 Å². The van der Waals surface area contributed by atoms with Crippen LogP contribution >= 0.6 is 0 Å². The minimum Gasteiger partial charge on any atom is -0.493 e. The lowest BCUT2D eigenvalue weighted by molar-refractivity contribution is 0.0696. The van der Waals surface area contributed by atoms with Crippen molar-refractivity contribution in [3.05, 3.63) is 71.4 Å². The summed E-state index contributed by atoms with van der Waals surface area (Å²) in [6.07, 6.45) is 5.79. The van der Waals surface area contributed by atoms with Gasteiger partial charge in [-0.2, -0.15) is 0 Å². The summed E-state index contributed by atoms with van der Waals surface area (Å²) in [5.74, 6) is -0.114. The molecule has 0 unspecified atom stereocenters. The standard InChI is InChI=1S/C33H42N2O3/c1-22(2)34-17-7-8-18-38-30-14-11-24(29-13-10-25(21-35-29)31(36)37)19-26(30)23-9-12-27-28(20-23)33(5,6)16-15-32(27,3)4/h9-14,19-22,34H,7-8,15-18H2,1-6H3,(H,36,37). The predicted octanol–water partition coefficient (Wildman–Crippen LogP) is 7.62. The lowest BCUT2D eigenvalue weighted by Crippen LogP contribution is -2.33. The van der Waals surface area contributed by atoms with Crippen LogP contribution in [0.3, 0.4) is 0 Å². The van der Waals surface area contributed by atoms with Crippen LogP contribution in [0.1, 0.15) is 88.7 Å². The van der Waals surface area contributed by atoms with Crippen LogP contribution in [-0.2, 0) is 10.8 Å². The molecule has 0 fully saturated rings. The fraction of sp³-hybridized carbons (Fsp3) is 0.455. The molecule has 5 nitrogen and oxygen atoms in total. The number of aromatic nitrogens is 1. The highest BCUT2D eigenvalue weighted by Gasteiger charge is 2.37. The van der Waals surface area contributed by atoms with E-state index < -0.39 is 5.97 Å². The number of benzene rings is 2. The van der Waals surface area contributed by atoms with E-state index in [1.165, 1.54) is 23.7 Å². The minimum absolute atomic E-state index is 0.108. The molecule has 1 aliphatic rings. The second-order valence-corrected chi connectivity index (χ2v) is 12.1. The molecule has 0 radical (unpaired) electrons. The maximum Gasteiger partial charge on any atom is 0.337 e.